The summed E-state index contributed by atoms with van der Waals surface area (Å²) in [5.41, 5.74) is 1.74. The highest BCUT2D eigenvalue weighted by Crippen LogP contribution is 2.20. The third-order valence-electron chi connectivity index (χ3n) is 3.10. The molecule has 0 radical (unpaired) electrons. The van der Waals surface area contributed by atoms with Crippen molar-refractivity contribution >= 4 is 17.4 Å². The van der Waals surface area contributed by atoms with E-state index in [9.17, 15) is 14.0 Å². The standard InChI is InChI=1S/C17H16FNO3/c1-11-5-3-4-6-15(11)19-17(21)10-22-16-8-7-13(18)9-14(16)12(2)20/h3-9H,10H2,1-2H3,(H,19,21). The Bertz CT molecular complexity index is 713. The fraction of sp³-hybridized carbons (Fsp3) is 0.176. The van der Waals surface area contributed by atoms with Gasteiger partial charge in [-0.1, -0.05) is 18.2 Å². The minimum Gasteiger partial charge on any atom is -0.483 e. The topological polar surface area (TPSA) is 55.4 Å². The van der Waals surface area contributed by atoms with Crippen molar-refractivity contribution in [2.45, 2.75) is 13.8 Å². The zero-order chi connectivity index (χ0) is 16.1. The lowest BCUT2D eigenvalue weighted by Crippen LogP contribution is -2.21. The molecule has 0 atom stereocenters. The van der Waals surface area contributed by atoms with Crippen molar-refractivity contribution in [1.82, 2.24) is 0 Å². The molecule has 1 amide bonds. The Labute approximate surface area is 127 Å². The molecule has 0 spiro atoms. The van der Waals surface area contributed by atoms with E-state index >= 15 is 0 Å². The number of anilines is 1. The van der Waals surface area contributed by atoms with Crippen LogP contribution < -0.4 is 10.1 Å². The van der Waals surface area contributed by atoms with Gasteiger partial charge in [-0.3, -0.25) is 9.59 Å². The number of Topliss-reactive ketones (excluding diaryl/α,β-unsaturated/α-hetero) is 1. The molecule has 114 valence electrons. The number of benzene rings is 2. The van der Waals surface area contributed by atoms with Crippen LogP contribution >= 0.6 is 0 Å². The first-order chi connectivity index (χ1) is 10.5. The van der Waals surface area contributed by atoms with Crippen LogP contribution in [0.3, 0.4) is 0 Å². The number of amides is 1. The molecule has 0 unspecified atom stereocenters. The van der Waals surface area contributed by atoms with Crippen molar-refractivity contribution in [3.63, 3.8) is 0 Å². The second-order valence-corrected chi connectivity index (χ2v) is 4.85. The molecule has 0 aliphatic heterocycles. The molecule has 0 fully saturated rings. The first kappa shape index (κ1) is 15.7. The predicted molar refractivity (Wildman–Crippen MR) is 81.7 cm³/mol. The Balaban J connectivity index is 2.03. The number of carbonyl (C=O) groups excluding carboxylic acids is 2. The summed E-state index contributed by atoms with van der Waals surface area (Å²) in [6.07, 6.45) is 0. The van der Waals surface area contributed by atoms with E-state index in [1.807, 2.05) is 25.1 Å². The highest BCUT2D eigenvalue weighted by molar-refractivity contribution is 5.97. The van der Waals surface area contributed by atoms with E-state index in [-0.39, 0.29) is 29.6 Å². The second kappa shape index (κ2) is 6.85. The second-order valence-electron chi connectivity index (χ2n) is 4.85. The third-order valence-corrected chi connectivity index (χ3v) is 3.10. The van der Waals surface area contributed by atoms with Crippen LogP contribution in [0.15, 0.2) is 42.5 Å². The lowest BCUT2D eigenvalue weighted by molar-refractivity contribution is -0.118. The number of hydrogen-bond donors (Lipinski definition) is 1. The van der Waals surface area contributed by atoms with Crippen LogP contribution in [0.1, 0.15) is 22.8 Å². The summed E-state index contributed by atoms with van der Waals surface area (Å²) < 4.78 is 18.5. The predicted octanol–water partition coefficient (Wildman–Crippen LogP) is 3.35. The number of ether oxygens (including phenoxy) is 1. The lowest BCUT2D eigenvalue weighted by atomic mass is 10.1. The van der Waals surface area contributed by atoms with Crippen LogP contribution in [0.4, 0.5) is 10.1 Å². The van der Waals surface area contributed by atoms with Crippen molar-refractivity contribution in [2.75, 3.05) is 11.9 Å². The molecule has 2 rings (SSSR count). The minimum absolute atomic E-state index is 0.115. The van der Waals surface area contributed by atoms with E-state index in [4.69, 9.17) is 4.74 Å². The number of aryl methyl sites for hydroxylation is 1. The molecular weight excluding hydrogens is 285 g/mol. The van der Waals surface area contributed by atoms with Gasteiger partial charge in [0.25, 0.3) is 5.91 Å². The molecule has 1 N–H and O–H groups in total. The van der Waals surface area contributed by atoms with Crippen molar-refractivity contribution in [3.8, 4) is 5.75 Å². The van der Waals surface area contributed by atoms with Crippen LogP contribution in [0.5, 0.6) is 5.75 Å². The molecule has 0 saturated carbocycles. The summed E-state index contributed by atoms with van der Waals surface area (Å²) in [6.45, 7) is 2.93. The number of rotatable bonds is 5. The zero-order valence-electron chi connectivity index (χ0n) is 12.4. The molecule has 2 aromatic carbocycles. The van der Waals surface area contributed by atoms with E-state index in [0.29, 0.717) is 5.69 Å². The van der Waals surface area contributed by atoms with Crippen LogP contribution in [0, 0.1) is 12.7 Å². The number of ketones is 1. The SMILES string of the molecule is CC(=O)c1cc(F)ccc1OCC(=O)Nc1ccccc1C. The molecule has 0 heterocycles. The highest BCUT2D eigenvalue weighted by Gasteiger charge is 2.12. The smallest absolute Gasteiger partial charge is 0.262 e. The molecule has 4 nitrogen and oxygen atoms in total. The van der Waals surface area contributed by atoms with E-state index in [2.05, 4.69) is 5.32 Å². The third kappa shape index (κ3) is 3.91. The van der Waals surface area contributed by atoms with Crippen molar-refractivity contribution in [2.24, 2.45) is 0 Å². The van der Waals surface area contributed by atoms with Crippen LogP contribution in [0.25, 0.3) is 0 Å². The molecule has 0 bridgehead atoms. The monoisotopic (exact) mass is 301 g/mol. The Kier molecular flexibility index (Phi) is 4.88. The van der Waals surface area contributed by atoms with Gasteiger partial charge in [0.2, 0.25) is 0 Å². The largest absolute Gasteiger partial charge is 0.483 e. The first-order valence-electron chi connectivity index (χ1n) is 6.76. The van der Waals surface area contributed by atoms with E-state index in [1.54, 1.807) is 6.07 Å². The quantitative estimate of drug-likeness (QED) is 0.862. The van der Waals surface area contributed by atoms with Gasteiger partial charge in [-0.15, -0.1) is 0 Å². The maximum absolute atomic E-state index is 13.2. The summed E-state index contributed by atoms with van der Waals surface area (Å²) in [7, 11) is 0. The maximum atomic E-state index is 13.2. The van der Waals surface area contributed by atoms with Crippen LogP contribution in [-0.4, -0.2) is 18.3 Å². The molecule has 0 aliphatic carbocycles. The first-order valence-corrected chi connectivity index (χ1v) is 6.76. The van der Waals surface area contributed by atoms with Gasteiger partial charge in [0.15, 0.2) is 12.4 Å². The lowest BCUT2D eigenvalue weighted by Gasteiger charge is -2.11. The summed E-state index contributed by atoms with van der Waals surface area (Å²) in [6, 6.07) is 11.0. The van der Waals surface area contributed by atoms with Gasteiger partial charge in [-0.25, -0.2) is 4.39 Å². The number of nitrogens with one attached hydrogen (secondary N) is 1. The van der Waals surface area contributed by atoms with Gasteiger partial charge < -0.3 is 10.1 Å². The Morgan fingerprint density at radius 2 is 1.91 bits per heavy atom. The molecule has 2 aromatic rings. The van der Waals surface area contributed by atoms with Gasteiger partial charge in [0.05, 0.1) is 5.56 Å². The number of carbonyl (C=O) groups is 2. The average molecular weight is 301 g/mol. The molecular formula is C17H16FNO3. The van der Waals surface area contributed by atoms with Crippen molar-refractivity contribution < 1.29 is 18.7 Å². The van der Waals surface area contributed by atoms with E-state index < -0.39 is 5.82 Å². The van der Waals surface area contributed by atoms with Gasteiger partial charge in [-0.2, -0.15) is 0 Å². The fourth-order valence-corrected chi connectivity index (χ4v) is 1.95. The maximum Gasteiger partial charge on any atom is 0.262 e. The highest BCUT2D eigenvalue weighted by atomic mass is 19.1. The van der Waals surface area contributed by atoms with Gasteiger partial charge in [0.1, 0.15) is 11.6 Å². The van der Waals surface area contributed by atoms with E-state index in [1.165, 1.54) is 19.1 Å². The van der Waals surface area contributed by atoms with E-state index in [0.717, 1.165) is 11.6 Å². The molecule has 0 saturated heterocycles. The summed E-state index contributed by atoms with van der Waals surface area (Å²) in [5.74, 6) is -1.02. The van der Waals surface area contributed by atoms with Crippen LogP contribution in [-0.2, 0) is 4.79 Å². The summed E-state index contributed by atoms with van der Waals surface area (Å²) in [4.78, 5) is 23.3. The molecule has 0 aliphatic rings. The number of hydrogen-bond acceptors (Lipinski definition) is 3. The minimum atomic E-state index is -0.526. The Hall–Kier alpha value is -2.69. The van der Waals surface area contributed by atoms with Crippen molar-refractivity contribution in [1.29, 1.82) is 0 Å². The molecule has 0 aromatic heterocycles. The fourth-order valence-electron chi connectivity index (χ4n) is 1.95. The number of halogens is 1. The van der Waals surface area contributed by atoms with Gasteiger partial charge in [-0.05, 0) is 43.7 Å². The molecule has 22 heavy (non-hydrogen) atoms. The normalized spacial score (nSPS) is 10.1. The summed E-state index contributed by atoms with van der Waals surface area (Å²) in [5, 5.41) is 2.72. The Morgan fingerprint density at radius 1 is 1.18 bits per heavy atom. The van der Waals surface area contributed by atoms with Crippen molar-refractivity contribution in [3.05, 3.63) is 59.4 Å². The average Bonchev–Trinajstić information content (AvgIpc) is 2.48. The zero-order valence-corrected chi connectivity index (χ0v) is 12.4. The summed E-state index contributed by atoms with van der Waals surface area (Å²) >= 11 is 0. The van der Waals surface area contributed by atoms with Gasteiger partial charge in [0, 0.05) is 5.69 Å². The number of para-hydroxylation sites is 1. The molecule has 5 heteroatoms. The van der Waals surface area contributed by atoms with Crippen LogP contribution in [0.2, 0.25) is 0 Å². The van der Waals surface area contributed by atoms with Gasteiger partial charge >= 0.3 is 0 Å². The Morgan fingerprint density at radius 3 is 2.59 bits per heavy atom.